The van der Waals surface area contributed by atoms with Crippen LogP contribution in [0.5, 0.6) is 0 Å². The van der Waals surface area contributed by atoms with Gasteiger partial charge in [-0.2, -0.15) is 0 Å². The van der Waals surface area contributed by atoms with E-state index in [0.29, 0.717) is 26.0 Å². The Balaban J connectivity index is 4.39. The SMILES string of the molecule is CCCCCCCCCOC(=O)CCCCCCCN(CCCCCCCC(=O)OC(CCCCCCCC)CCCCCCCC)CCCNC(=O)C[S+](C)[O-]. The minimum Gasteiger partial charge on any atom is -0.616 e. The highest BCUT2D eigenvalue weighted by Gasteiger charge is 2.15. The lowest BCUT2D eigenvalue weighted by Gasteiger charge is -2.22. The molecule has 0 spiro atoms. The van der Waals surface area contributed by atoms with Crippen LogP contribution in [0.2, 0.25) is 0 Å². The number of unbranched alkanes of at least 4 members (excludes halogenated alkanes) is 24. The molecular weight excluding hydrogens is 733 g/mol. The Kier molecular flexibility index (Phi) is 43.2. The van der Waals surface area contributed by atoms with E-state index < -0.39 is 11.2 Å². The second-order valence-corrected chi connectivity index (χ2v) is 18.3. The highest BCUT2D eigenvalue weighted by atomic mass is 32.2. The predicted molar refractivity (Wildman–Crippen MR) is 243 cm³/mol. The minimum atomic E-state index is -1.12. The van der Waals surface area contributed by atoms with Crippen LogP contribution in [-0.2, 0) is 35.0 Å². The largest absolute Gasteiger partial charge is 0.616 e. The topological polar surface area (TPSA) is 108 Å². The van der Waals surface area contributed by atoms with Crippen molar-refractivity contribution >= 4 is 29.0 Å². The molecule has 9 heteroatoms. The third kappa shape index (κ3) is 42.6. The Morgan fingerprint density at radius 1 is 0.526 bits per heavy atom. The van der Waals surface area contributed by atoms with Gasteiger partial charge in [-0.1, -0.05) is 162 Å². The van der Waals surface area contributed by atoms with E-state index in [0.717, 1.165) is 116 Å². The molecule has 0 rings (SSSR count). The van der Waals surface area contributed by atoms with Crippen molar-refractivity contribution in [1.82, 2.24) is 10.2 Å². The Morgan fingerprint density at radius 3 is 1.42 bits per heavy atom. The highest BCUT2D eigenvalue weighted by Crippen LogP contribution is 2.19. The summed E-state index contributed by atoms with van der Waals surface area (Å²) in [5.74, 6) is -0.119. The van der Waals surface area contributed by atoms with Crippen LogP contribution in [0.4, 0.5) is 0 Å². The van der Waals surface area contributed by atoms with Gasteiger partial charge in [0.25, 0.3) is 5.91 Å². The van der Waals surface area contributed by atoms with Gasteiger partial charge in [0.2, 0.25) is 0 Å². The quantitative estimate of drug-likeness (QED) is 0.0370. The molecule has 0 fully saturated rings. The second kappa shape index (κ2) is 44.2. The number of carbonyl (C=O) groups is 3. The van der Waals surface area contributed by atoms with Crippen LogP contribution >= 0.6 is 0 Å². The molecular formula is C48H94N2O6S. The van der Waals surface area contributed by atoms with E-state index in [2.05, 4.69) is 31.0 Å². The van der Waals surface area contributed by atoms with Crippen molar-refractivity contribution in [2.24, 2.45) is 0 Å². The normalized spacial score (nSPS) is 12.1. The fraction of sp³-hybridized carbons (Fsp3) is 0.938. The van der Waals surface area contributed by atoms with Gasteiger partial charge in [-0.15, -0.1) is 0 Å². The molecule has 1 atom stereocenters. The number of nitrogens with zero attached hydrogens (tertiary/aromatic N) is 1. The van der Waals surface area contributed by atoms with Crippen LogP contribution in [0.1, 0.15) is 239 Å². The third-order valence-corrected chi connectivity index (χ3v) is 11.8. The fourth-order valence-electron chi connectivity index (χ4n) is 7.50. The van der Waals surface area contributed by atoms with Gasteiger partial charge in [0.1, 0.15) is 6.10 Å². The van der Waals surface area contributed by atoms with Gasteiger partial charge in [-0.05, 0) is 95.0 Å². The van der Waals surface area contributed by atoms with Crippen molar-refractivity contribution in [1.29, 1.82) is 0 Å². The summed E-state index contributed by atoms with van der Waals surface area (Å²) in [7, 11) is 0. The number of hydrogen-bond acceptors (Lipinski definition) is 7. The number of carbonyl (C=O) groups excluding carboxylic acids is 3. The maximum Gasteiger partial charge on any atom is 0.306 e. The van der Waals surface area contributed by atoms with E-state index in [1.54, 1.807) is 6.26 Å². The van der Waals surface area contributed by atoms with Gasteiger partial charge in [-0.25, -0.2) is 0 Å². The number of ether oxygens (including phenoxy) is 2. The van der Waals surface area contributed by atoms with Crippen molar-refractivity contribution in [3.63, 3.8) is 0 Å². The van der Waals surface area contributed by atoms with E-state index in [1.807, 2.05) is 0 Å². The van der Waals surface area contributed by atoms with Crippen LogP contribution in [0.3, 0.4) is 0 Å². The molecule has 57 heavy (non-hydrogen) atoms. The lowest BCUT2D eigenvalue weighted by Crippen LogP contribution is -2.33. The number of nitrogens with one attached hydrogen (secondary N) is 1. The molecule has 0 aliphatic rings. The summed E-state index contributed by atoms with van der Waals surface area (Å²) >= 11 is -1.12. The Morgan fingerprint density at radius 2 is 0.930 bits per heavy atom. The van der Waals surface area contributed by atoms with Crippen LogP contribution in [0.15, 0.2) is 0 Å². The first-order valence-corrected chi connectivity index (χ1v) is 26.2. The fourth-order valence-corrected chi connectivity index (χ4v) is 7.97. The maximum absolute atomic E-state index is 12.8. The molecule has 0 radical (unpaired) electrons. The van der Waals surface area contributed by atoms with Gasteiger partial charge in [-0.3, -0.25) is 14.4 Å². The number of amides is 1. The van der Waals surface area contributed by atoms with Crippen molar-refractivity contribution in [3.05, 3.63) is 0 Å². The van der Waals surface area contributed by atoms with Crippen molar-refractivity contribution in [2.45, 2.75) is 245 Å². The first-order chi connectivity index (χ1) is 27.8. The van der Waals surface area contributed by atoms with Gasteiger partial charge in [0, 0.05) is 19.4 Å². The lowest BCUT2D eigenvalue weighted by molar-refractivity contribution is -0.150. The summed E-state index contributed by atoms with van der Waals surface area (Å²) < 4.78 is 22.9. The van der Waals surface area contributed by atoms with Crippen LogP contribution in [0, 0.1) is 0 Å². The number of hydrogen-bond donors (Lipinski definition) is 1. The summed E-state index contributed by atoms with van der Waals surface area (Å²) in [5, 5.41) is 2.91. The molecule has 1 amide bonds. The maximum atomic E-state index is 12.8. The Hall–Kier alpha value is -1.32. The first kappa shape index (κ1) is 55.7. The zero-order chi connectivity index (χ0) is 41.9. The number of esters is 2. The molecule has 0 aliphatic carbocycles. The molecule has 8 nitrogen and oxygen atoms in total. The molecule has 0 aromatic heterocycles. The third-order valence-electron chi connectivity index (χ3n) is 11.1. The van der Waals surface area contributed by atoms with Crippen LogP contribution < -0.4 is 5.32 Å². The zero-order valence-electron chi connectivity index (χ0n) is 38.2. The molecule has 338 valence electrons. The zero-order valence-corrected chi connectivity index (χ0v) is 39.0. The molecule has 0 aromatic rings. The molecule has 0 aromatic carbocycles. The van der Waals surface area contributed by atoms with E-state index in [1.165, 1.54) is 109 Å². The summed E-state index contributed by atoms with van der Waals surface area (Å²) in [4.78, 5) is 39.4. The molecule has 0 aliphatic heterocycles. The van der Waals surface area contributed by atoms with Crippen LogP contribution in [0.25, 0.3) is 0 Å². The first-order valence-electron chi connectivity index (χ1n) is 24.5. The standard InChI is InChI=1S/C48H94N2O6S/c1-5-8-11-14-17-26-33-43-55-47(52)37-29-22-18-24-31-40-50(42-34-39-49-46(51)44-57(4)54)41-32-25-19-23-30-38-48(53)56-45(35-27-20-15-12-9-6-2)36-28-21-16-13-10-7-3/h45H,5-44H2,1-4H3,(H,49,51). The van der Waals surface area contributed by atoms with E-state index >= 15 is 0 Å². The average Bonchev–Trinajstić information content (AvgIpc) is 3.18. The Bertz CT molecular complexity index is 875. The van der Waals surface area contributed by atoms with Gasteiger partial charge in [0.05, 0.1) is 12.9 Å². The molecule has 0 heterocycles. The second-order valence-electron chi connectivity index (χ2n) is 16.9. The van der Waals surface area contributed by atoms with E-state index in [9.17, 15) is 18.9 Å². The van der Waals surface area contributed by atoms with E-state index in [-0.39, 0.29) is 29.7 Å². The lowest BCUT2D eigenvalue weighted by atomic mass is 10.0. The van der Waals surface area contributed by atoms with Crippen molar-refractivity contribution in [3.8, 4) is 0 Å². The summed E-state index contributed by atoms with van der Waals surface area (Å²) in [6.45, 7) is 10.9. The highest BCUT2D eigenvalue weighted by molar-refractivity contribution is 7.91. The Labute approximate surface area is 356 Å². The molecule has 1 N–H and O–H groups in total. The minimum absolute atomic E-state index is 0.000791. The van der Waals surface area contributed by atoms with Crippen LogP contribution in [-0.4, -0.2) is 78.2 Å². The molecule has 0 bridgehead atoms. The predicted octanol–water partition coefficient (Wildman–Crippen LogP) is 12.6. The number of rotatable bonds is 45. The van der Waals surface area contributed by atoms with Gasteiger partial charge < -0.3 is 24.2 Å². The summed E-state index contributed by atoms with van der Waals surface area (Å²) in [5.41, 5.74) is 0. The van der Waals surface area contributed by atoms with Gasteiger partial charge in [0.15, 0.2) is 5.75 Å². The van der Waals surface area contributed by atoms with Crippen molar-refractivity contribution < 1.29 is 28.4 Å². The smallest absolute Gasteiger partial charge is 0.306 e. The average molecular weight is 827 g/mol. The summed E-state index contributed by atoms with van der Waals surface area (Å²) in [6.07, 6.45) is 40.2. The molecule has 0 saturated heterocycles. The summed E-state index contributed by atoms with van der Waals surface area (Å²) in [6, 6.07) is 0. The van der Waals surface area contributed by atoms with Crippen molar-refractivity contribution in [2.75, 3.05) is 44.8 Å². The van der Waals surface area contributed by atoms with Gasteiger partial charge >= 0.3 is 11.9 Å². The van der Waals surface area contributed by atoms with E-state index in [4.69, 9.17) is 9.47 Å². The molecule has 1 unspecified atom stereocenters. The molecule has 0 saturated carbocycles. The monoisotopic (exact) mass is 827 g/mol.